The number of hydrogen-bond acceptors (Lipinski definition) is 3. The molecule has 0 saturated heterocycles. The first-order chi connectivity index (χ1) is 9.40. The average molecular weight is 315 g/mol. The zero-order valence-electron chi connectivity index (χ0n) is 10.4. The summed E-state index contributed by atoms with van der Waals surface area (Å²) in [4.78, 5) is 27.8. The molecule has 2 aromatic rings. The fourth-order valence-electron chi connectivity index (χ4n) is 1.66. The van der Waals surface area contributed by atoms with Gasteiger partial charge in [0.25, 0.3) is 0 Å². The third-order valence-electron chi connectivity index (χ3n) is 2.63. The second-order valence-corrected chi connectivity index (χ2v) is 4.95. The number of imidazole rings is 1. The smallest absolute Gasteiger partial charge is 0.190 e. The molecule has 1 aromatic carbocycles. The van der Waals surface area contributed by atoms with Gasteiger partial charge in [0, 0.05) is 13.2 Å². The Morgan fingerprint density at radius 2 is 2.00 bits per heavy atom. The fourth-order valence-corrected chi connectivity index (χ4v) is 2.25. The monoisotopic (exact) mass is 314 g/mol. The Morgan fingerprint density at radius 1 is 1.30 bits per heavy atom. The number of Topliss-reactive ketones (excluding diaryl/α,β-unsaturated/α-hetero) is 2. The van der Waals surface area contributed by atoms with Crippen LogP contribution in [0.1, 0.15) is 27.3 Å². The van der Waals surface area contributed by atoms with E-state index in [1.165, 1.54) is 18.6 Å². The molecule has 0 bridgehead atoms. The highest BCUT2D eigenvalue weighted by Gasteiger charge is 2.22. The van der Waals surface area contributed by atoms with E-state index in [0.717, 1.165) is 6.07 Å². The summed E-state index contributed by atoms with van der Waals surface area (Å²) in [5.74, 6) is -1.88. The number of aryl methyl sites for hydroxylation is 1. The van der Waals surface area contributed by atoms with Crippen molar-refractivity contribution in [1.82, 2.24) is 9.55 Å². The molecule has 1 aromatic heterocycles. The topological polar surface area (TPSA) is 52.0 Å². The Hall–Kier alpha value is -1.72. The number of carbonyl (C=O) groups excluding carboxylic acids is 2. The SMILES string of the molecule is Cn1cnc(C(=O)CC(=O)c2c(Cl)ccc(F)c2Cl)c1. The van der Waals surface area contributed by atoms with Crippen LogP contribution in [-0.2, 0) is 7.05 Å². The molecule has 0 spiro atoms. The molecule has 0 saturated carbocycles. The van der Waals surface area contributed by atoms with Crippen LogP contribution in [0.4, 0.5) is 4.39 Å². The highest BCUT2D eigenvalue weighted by atomic mass is 35.5. The number of hydrogen-bond donors (Lipinski definition) is 0. The van der Waals surface area contributed by atoms with Crippen molar-refractivity contribution in [2.75, 3.05) is 0 Å². The number of rotatable bonds is 4. The number of halogens is 3. The molecule has 20 heavy (non-hydrogen) atoms. The highest BCUT2D eigenvalue weighted by Crippen LogP contribution is 2.28. The minimum absolute atomic E-state index is 0.00946. The number of aromatic nitrogens is 2. The van der Waals surface area contributed by atoms with Gasteiger partial charge in [-0.25, -0.2) is 9.37 Å². The van der Waals surface area contributed by atoms with Gasteiger partial charge < -0.3 is 4.57 Å². The Labute approximate surface area is 124 Å². The van der Waals surface area contributed by atoms with Crippen molar-refractivity contribution in [2.45, 2.75) is 6.42 Å². The molecule has 0 aliphatic rings. The third-order valence-corrected chi connectivity index (χ3v) is 3.32. The van der Waals surface area contributed by atoms with Crippen molar-refractivity contribution < 1.29 is 14.0 Å². The van der Waals surface area contributed by atoms with Gasteiger partial charge in [0.2, 0.25) is 0 Å². The number of ketones is 2. The molecule has 0 aliphatic heterocycles. The summed E-state index contributed by atoms with van der Waals surface area (Å²) in [7, 11) is 1.70. The van der Waals surface area contributed by atoms with E-state index in [9.17, 15) is 14.0 Å². The van der Waals surface area contributed by atoms with Gasteiger partial charge in [0.15, 0.2) is 11.6 Å². The van der Waals surface area contributed by atoms with Crippen LogP contribution in [-0.4, -0.2) is 21.1 Å². The molecule has 0 amide bonds. The van der Waals surface area contributed by atoms with Gasteiger partial charge in [0.1, 0.15) is 11.5 Å². The predicted molar refractivity (Wildman–Crippen MR) is 72.9 cm³/mol. The maximum atomic E-state index is 13.3. The van der Waals surface area contributed by atoms with E-state index in [0.29, 0.717) is 0 Å². The van der Waals surface area contributed by atoms with Crippen molar-refractivity contribution >= 4 is 34.8 Å². The largest absolute Gasteiger partial charge is 0.340 e. The minimum Gasteiger partial charge on any atom is -0.340 e. The summed E-state index contributed by atoms with van der Waals surface area (Å²) >= 11 is 11.5. The number of nitrogens with zero attached hydrogens (tertiary/aromatic N) is 2. The van der Waals surface area contributed by atoms with E-state index < -0.39 is 23.8 Å². The normalized spacial score (nSPS) is 10.6. The quantitative estimate of drug-likeness (QED) is 0.494. The van der Waals surface area contributed by atoms with Crippen molar-refractivity contribution in [2.24, 2.45) is 7.05 Å². The van der Waals surface area contributed by atoms with Crippen LogP contribution in [0.3, 0.4) is 0 Å². The summed E-state index contributed by atoms with van der Waals surface area (Å²) in [6, 6.07) is 2.28. The molecule has 2 rings (SSSR count). The maximum absolute atomic E-state index is 13.3. The molecular formula is C13H9Cl2FN2O2. The van der Waals surface area contributed by atoms with Crippen LogP contribution in [0.25, 0.3) is 0 Å². The van der Waals surface area contributed by atoms with Gasteiger partial charge in [0.05, 0.1) is 28.4 Å². The lowest BCUT2D eigenvalue weighted by atomic mass is 10.0. The van der Waals surface area contributed by atoms with Gasteiger partial charge in [-0.3, -0.25) is 9.59 Å². The second-order valence-electron chi connectivity index (χ2n) is 4.17. The maximum Gasteiger partial charge on any atom is 0.190 e. The predicted octanol–water partition coefficient (Wildman–Crippen LogP) is 3.32. The van der Waals surface area contributed by atoms with Crippen LogP contribution in [0.2, 0.25) is 10.0 Å². The van der Waals surface area contributed by atoms with Crippen molar-refractivity contribution in [1.29, 1.82) is 0 Å². The molecule has 0 aliphatic carbocycles. The summed E-state index contributed by atoms with van der Waals surface area (Å²) in [5.41, 5.74) is -0.0258. The third kappa shape index (κ3) is 2.89. The second kappa shape index (κ2) is 5.73. The standard InChI is InChI=1S/C13H9Cl2FN2O2/c1-18-5-9(17-6-18)10(19)4-11(20)12-7(14)2-3-8(16)13(12)15/h2-3,5-6H,4H2,1H3. The van der Waals surface area contributed by atoms with Crippen molar-refractivity contribution in [3.8, 4) is 0 Å². The summed E-state index contributed by atoms with van der Waals surface area (Å²) in [5, 5.41) is -0.369. The molecule has 7 heteroatoms. The van der Waals surface area contributed by atoms with Crippen LogP contribution in [0, 0.1) is 5.82 Å². The molecule has 104 valence electrons. The van der Waals surface area contributed by atoms with Gasteiger partial charge >= 0.3 is 0 Å². The molecule has 1 heterocycles. The van der Waals surface area contributed by atoms with E-state index in [1.807, 2.05) is 0 Å². The molecule has 0 N–H and O–H groups in total. The first-order valence-electron chi connectivity index (χ1n) is 5.58. The van der Waals surface area contributed by atoms with Crippen LogP contribution in [0.5, 0.6) is 0 Å². The van der Waals surface area contributed by atoms with Gasteiger partial charge in [-0.15, -0.1) is 0 Å². The Morgan fingerprint density at radius 3 is 2.60 bits per heavy atom. The molecular weight excluding hydrogens is 306 g/mol. The lowest BCUT2D eigenvalue weighted by molar-refractivity contribution is 0.0891. The van der Waals surface area contributed by atoms with Gasteiger partial charge in [-0.2, -0.15) is 0 Å². The minimum atomic E-state index is -0.760. The lowest BCUT2D eigenvalue weighted by Crippen LogP contribution is -2.10. The Kier molecular flexibility index (Phi) is 4.20. The lowest BCUT2D eigenvalue weighted by Gasteiger charge is -2.05. The number of benzene rings is 1. The van der Waals surface area contributed by atoms with Gasteiger partial charge in [-0.05, 0) is 12.1 Å². The van der Waals surface area contributed by atoms with Crippen molar-refractivity contribution in [3.05, 3.63) is 51.8 Å². The first kappa shape index (κ1) is 14.7. The van der Waals surface area contributed by atoms with Crippen molar-refractivity contribution in [3.63, 3.8) is 0 Å². The molecule has 0 atom stereocenters. The summed E-state index contributed by atoms with van der Waals surface area (Å²) in [6.07, 6.45) is 2.46. The molecule has 0 fully saturated rings. The zero-order valence-corrected chi connectivity index (χ0v) is 11.9. The fraction of sp³-hybridized carbons (Fsp3) is 0.154. The first-order valence-corrected chi connectivity index (χ1v) is 6.33. The Bertz CT molecular complexity index is 698. The average Bonchev–Trinajstić information content (AvgIpc) is 2.81. The Balaban J connectivity index is 2.25. The van der Waals surface area contributed by atoms with E-state index in [1.54, 1.807) is 11.6 Å². The highest BCUT2D eigenvalue weighted by molar-refractivity contribution is 6.40. The van der Waals surface area contributed by atoms with Crippen LogP contribution in [0.15, 0.2) is 24.7 Å². The van der Waals surface area contributed by atoms with Gasteiger partial charge in [-0.1, -0.05) is 23.2 Å². The molecule has 0 radical (unpaired) electrons. The summed E-state index contributed by atoms with van der Waals surface area (Å²) in [6.45, 7) is 0. The molecule has 0 unspecified atom stereocenters. The van der Waals surface area contributed by atoms with E-state index in [2.05, 4.69) is 4.98 Å². The van der Waals surface area contributed by atoms with E-state index in [-0.39, 0.29) is 21.3 Å². The molecule has 4 nitrogen and oxygen atoms in total. The summed E-state index contributed by atoms with van der Waals surface area (Å²) < 4.78 is 14.9. The van der Waals surface area contributed by atoms with E-state index in [4.69, 9.17) is 23.2 Å². The van der Waals surface area contributed by atoms with Crippen LogP contribution < -0.4 is 0 Å². The number of carbonyl (C=O) groups is 2. The van der Waals surface area contributed by atoms with Crippen LogP contribution >= 0.6 is 23.2 Å². The van der Waals surface area contributed by atoms with E-state index >= 15 is 0 Å². The zero-order chi connectivity index (χ0) is 14.9.